The van der Waals surface area contributed by atoms with E-state index in [-0.39, 0.29) is 18.3 Å². The van der Waals surface area contributed by atoms with E-state index in [1.54, 1.807) is 4.90 Å². The van der Waals surface area contributed by atoms with Gasteiger partial charge in [0, 0.05) is 24.3 Å². The van der Waals surface area contributed by atoms with Gasteiger partial charge in [0.15, 0.2) is 4.96 Å². The SMILES string of the molecule is COC(=O)C1CCCN1C(=O)Cc1cn2ccsc2n1. The highest BCUT2D eigenvalue weighted by Gasteiger charge is 2.34. The lowest BCUT2D eigenvalue weighted by Gasteiger charge is -2.22. The average Bonchev–Trinajstić information content (AvgIpc) is 3.11. The van der Waals surface area contributed by atoms with Gasteiger partial charge in [-0.1, -0.05) is 0 Å². The minimum Gasteiger partial charge on any atom is -0.467 e. The maximum Gasteiger partial charge on any atom is 0.328 e. The van der Waals surface area contributed by atoms with E-state index in [4.69, 9.17) is 4.74 Å². The van der Waals surface area contributed by atoms with Crippen molar-refractivity contribution in [3.05, 3.63) is 23.5 Å². The number of carbonyl (C=O) groups excluding carboxylic acids is 2. The summed E-state index contributed by atoms with van der Waals surface area (Å²) in [5.74, 6) is -0.398. The zero-order valence-corrected chi connectivity index (χ0v) is 11.9. The lowest BCUT2D eigenvalue weighted by atomic mass is 10.2. The van der Waals surface area contributed by atoms with Crippen LogP contribution in [0.25, 0.3) is 4.96 Å². The Morgan fingerprint density at radius 1 is 1.55 bits per heavy atom. The Kier molecular flexibility index (Phi) is 3.43. The predicted molar refractivity (Wildman–Crippen MR) is 73.5 cm³/mol. The van der Waals surface area contributed by atoms with Crippen molar-refractivity contribution < 1.29 is 14.3 Å². The van der Waals surface area contributed by atoms with Crippen molar-refractivity contribution in [2.45, 2.75) is 25.3 Å². The van der Waals surface area contributed by atoms with Gasteiger partial charge in [-0.05, 0) is 12.8 Å². The summed E-state index contributed by atoms with van der Waals surface area (Å²) >= 11 is 1.53. The fourth-order valence-corrected chi connectivity index (χ4v) is 3.28. The molecule has 0 aromatic carbocycles. The van der Waals surface area contributed by atoms with Crippen molar-refractivity contribution in [2.75, 3.05) is 13.7 Å². The number of methoxy groups -OCH3 is 1. The molecule has 7 heteroatoms. The summed E-state index contributed by atoms with van der Waals surface area (Å²) in [4.78, 5) is 30.8. The van der Waals surface area contributed by atoms with E-state index in [0.29, 0.717) is 13.0 Å². The van der Waals surface area contributed by atoms with Crippen molar-refractivity contribution in [3.63, 3.8) is 0 Å². The summed E-state index contributed by atoms with van der Waals surface area (Å²) in [6, 6.07) is -0.434. The van der Waals surface area contributed by atoms with Gasteiger partial charge in [-0.15, -0.1) is 11.3 Å². The highest BCUT2D eigenvalue weighted by atomic mass is 32.1. The maximum atomic E-state index is 12.3. The van der Waals surface area contributed by atoms with Crippen LogP contribution < -0.4 is 0 Å². The maximum absolute atomic E-state index is 12.3. The van der Waals surface area contributed by atoms with Gasteiger partial charge in [-0.25, -0.2) is 9.78 Å². The van der Waals surface area contributed by atoms with Crippen LogP contribution in [0.15, 0.2) is 17.8 Å². The number of imidazole rings is 1. The first kappa shape index (κ1) is 13.1. The molecule has 0 bridgehead atoms. The zero-order chi connectivity index (χ0) is 14.1. The lowest BCUT2D eigenvalue weighted by molar-refractivity contribution is -0.150. The number of thiazole rings is 1. The molecule has 1 aliphatic heterocycles. The molecule has 1 amide bonds. The molecule has 1 saturated heterocycles. The van der Waals surface area contributed by atoms with Gasteiger partial charge in [-0.3, -0.25) is 9.20 Å². The van der Waals surface area contributed by atoms with Crippen LogP contribution in [0.3, 0.4) is 0 Å². The standard InChI is InChI=1S/C13H15N3O3S/c1-19-12(18)10-3-2-4-16(10)11(17)7-9-8-15-5-6-20-13(15)14-9/h5-6,8,10H,2-4,7H2,1H3. The number of rotatable bonds is 3. The molecule has 0 saturated carbocycles. The second kappa shape index (κ2) is 5.24. The Bertz CT molecular complexity index is 620. The molecule has 1 aliphatic rings. The first-order valence-electron chi connectivity index (χ1n) is 6.47. The Morgan fingerprint density at radius 2 is 2.40 bits per heavy atom. The molecule has 3 rings (SSSR count). The van der Waals surface area contributed by atoms with Crippen LogP contribution in [-0.4, -0.2) is 45.9 Å². The topological polar surface area (TPSA) is 63.9 Å². The molecule has 1 fully saturated rings. The molecule has 0 aliphatic carbocycles. The molecule has 0 N–H and O–H groups in total. The fraction of sp³-hybridized carbons (Fsp3) is 0.462. The molecule has 6 nitrogen and oxygen atoms in total. The normalized spacial score (nSPS) is 18.6. The van der Waals surface area contributed by atoms with Gasteiger partial charge in [-0.2, -0.15) is 0 Å². The third kappa shape index (κ3) is 2.29. The van der Waals surface area contributed by atoms with Gasteiger partial charge in [0.1, 0.15) is 6.04 Å². The number of aromatic nitrogens is 2. The molecule has 0 radical (unpaired) electrons. The largest absolute Gasteiger partial charge is 0.467 e. The molecule has 0 spiro atoms. The minimum absolute atomic E-state index is 0.0661. The highest BCUT2D eigenvalue weighted by Crippen LogP contribution is 2.20. The summed E-state index contributed by atoms with van der Waals surface area (Å²) in [5, 5.41) is 1.95. The minimum atomic E-state index is -0.434. The molecule has 106 valence electrons. The second-order valence-electron chi connectivity index (χ2n) is 4.77. The van der Waals surface area contributed by atoms with Crippen LogP contribution in [0.2, 0.25) is 0 Å². The summed E-state index contributed by atoms with van der Waals surface area (Å²) < 4.78 is 6.65. The van der Waals surface area contributed by atoms with Gasteiger partial charge >= 0.3 is 5.97 Å². The zero-order valence-electron chi connectivity index (χ0n) is 11.1. The van der Waals surface area contributed by atoms with Gasteiger partial charge < -0.3 is 9.64 Å². The third-order valence-electron chi connectivity index (χ3n) is 3.52. The van der Waals surface area contributed by atoms with E-state index in [0.717, 1.165) is 17.1 Å². The summed E-state index contributed by atoms with van der Waals surface area (Å²) in [6.45, 7) is 0.612. The van der Waals surface area contributed by atoms with Crippen molar-refractivity contribution >= 4 is 28.2 Å². The van der Waals surface area contributed by atoms with Crippen molar-refractivity contribution in [1.29, 1.82) is 0 Å². The Hall–Kier alpha value is -1.89. The number of fused-ring (bicyclic) bond motifs is 1. The molecular formula is C13H15N3O3S. The van der Waals surface area contributed by atoms with E-state index >= 15 is 0 Å². The van der Waals surface area contributed by atoms with Gasteiger partial charge in [0.25, 0.3) is 0 Å². The number of nitrogens with zero attached hydrogens (tertiary/aromatic N) is 3. The first-order valence-corrected chi connectivity index (χ1v) is 7.35. The van der Waals surface area contributed by atoms with Gasteiger partial charge in [0.2, 0.25) is 5.91 Å². The molecular weight excluding hydrogens is 278 g/mol. The molecule has 1 unspecified atom stereocenters. The van der Waals surface area contributed by atoms with Crippen LogP contribution in [-0.2, 0) is 20.7 Å². The monoisotopic (exact) mass is 293 g/mol. The number of hydrogen-bond acceptors (Lipinski definition) is 5. The first-order chi connectivity index (χ1) is 9.69. The van der Waals surface area contributed by atoms with E-state index in [1.807, 2.05) is 22.2 Å². The van der Waals surface area contributed by atoms with Crippen molar-refractivity contribution in [1.82, 2.24) is 14.3 Å². The van der Waals surface area contributed by atoms with Crippen LogP contribution >= 0.6 is 11.3 Å². The average molecular weight is 293 g/mol. The second-order valence-corrected chi connectivity index (χ2v) is 5.64. The molecule has 1 atom stereocenters. The van der Waals surface area contributed by atoms with Crippen LogP contribution in [0.5, 0.6) is 0 Å². The Morgan fingerprint density at radius 3 is 3.15 bits per heavy atom. The van der Waals surface area contributed by atoms with E-state index in [1.165, 1.54) is 18.4 Å². The van der Waals surface area contributed by atoms with Crippen LogP contribution in [0.4, 0.5) is 0 Å². The Labute approximate surface area is 120 Å². The van der Waals surface area contributed by atoms with Gasteiger partial charge in [0.05, 0.1) is 19.2 Å². The number of carbonyl (C=O) groups is 2. The van der Waals surface area contributed by atoms with Crippen LogP contribution in [0.1, 0.15) is 18.5 Å². The Balaban J connectivity index is 1.72. The molecule has 2 aromatic rings. The molecule has 20 heavy (non-hydrogen) atoms. The number of hydrogen-bond donors (Lipinski definition) is 0. The smallest absolute Gasteiger partial charge is 0.328 e. The molecule has 2 aromatic heterocycles. The molecule has 3 heterocycles. The summed E-state index contributed by atoms with van der Waals surface area (Å²) in [6.07, 6.45) is 5.50. The highest BCUT2D eigenvalue weighted by molar-refractivity contribution is 7.15. The number of ether oxygens (including phenoxy) is 1. The number of amides is 1. The predicted octanol–water partition coefficient (Wildman–Crippen LogP) is 1.10. The van der Waals surface area contributed by atoms with E-state index in [2.05, 4.69) is 4.98 Å². The van der Waals surface area contributed by atoms with Crippen molar-refractivity contribution in [3.8, 4) is 0 Å². The fourth-order valence-electron chi connectivity index (χ4n) is 2.56. The lowest BCUT2D eigenvalue weighted by Crippen LogP contribution is -2.41. The number of likely N-dealkylation sites (tertiary alicyclic amines) is 1. The summed E-state index contributed by atoms with van der Waals surface area (Å²) in [7, 11) is 1.35. The quantitative estimate of drug-likeness (QED) is 0.795. The van der Waals surface area contributed by atoms with Crippen molar-refractivity contribution in [2.24, 2.45) is 0 Å². The third-order valence-corrected chi connectivity index (χ3v) is 4.29. The summed E-state index contributed by atoms with van der Waals surface area (Å²) in [5.41, 5.74) is 0.734. The van der Waals surface area contributed by atoms with E-state index < -0.39 is 6.04 Å². The van der Waals surface area contributed by atoms with E-state index in [9.17, 15) is 9.59 Å². The number of esters is 1. The van der Waals surface area contributed by atoms with Crippen LogP contribution in [0, 0.1) is 0 Å².